The number of hydrogen-bond donors (Lipinski definition) is 0. The van der Waals surface area contributed by atoms with E-state index in [9.17, 15) is 4.79 Å². The highest BCUT2D eigenvalue weighted by Gasteiger charge is 2.13. The molecule has 3 nitrogen and oxygen atoms in total. The van der Waals surface area contributed by atoms with Crippen LogP contribution in [0.1, 0.15) is 10.4 Å². The fourth-order valence-electron chi connectivity index (χ4n) is 2.70. The van der Waals surface area contributed by atoms with Crippen LogP contribution in [0, 0.1) is 0 Å². The van der Waals surface area contributed by atoms with Gasteiger partial charge in [0.05, 0.1) is 17.4 Å². The maximum Gasteiger partial charge on any atom is 0.262 e. The topological polar surface area (TPSA) is 34.9 Å². The van der Waals surface area contributed by atoms with E-state index < -0.39 is 0 Å². The molecule has 2 aromatic heterocycles. The van der Waals surface area contributed by atoms with Crippen molar-refractivity contribution in [3.8, 4) is 0 Å². The van der Waals surface area contributed by atoms with E-state index in [0.717, 1.165) is 15.8 Å². The number of fused-ring (bicyclic) bond motifs is 1. The van der Waals surface area contributed by atoms with E-state index in [2.05, 4.69) is 12.1 Å². The molecule has 0 aliphatic rings. The summed E-state index contributed by atoms with van der Waals surface area (Å²) in [6.07, 6.45) is 0. The zero-order chi connectivity index (χ0) is 17.9. The second kappa shape index (κ2) is 7.66. The van der Waals surface area contributed by atoms with Crippen molar-refractivity contribution < 1.29 is 0 Å². The first kappa shape index (κ1) is 17.3. The standard InChI is InChI=1S/C20H15ClN2OS2/c21-15-8-9-18-17(11-15)19(24)23(12-16-7-4-10-25-16)20(22-18)26-13-14-5-2-1-3-6-14/h1-11H,12-13H2. The van der Waals surface area contributed by atoms with Gasteiger partial charge in [0.25, 0.3) is 5.56 Å². The van der Waals surface area contributed by atoms with Gasteiger partial charge < -0.3 is 0 Å². The van der Waals surface area contributed by atoms with Gasteiger partial charge in [0.15, 0.2) is 5.16 Å². The molecule has 0 spiro atoms. The fraction of sp³-hybridized carbons (Fsp3) is 0.100. The predicted molar refractivity (Wildman–Crippen MR) is 110 cm³/mol. The lowest BCUT2D eigenvalue weighted by atomic mass is 10.2. The average Bonchev–Trinajstić information content (AvgIpc) is 3.17. The lowest BCUT2D eigenvalue weighted by Gasteiger charge is -2.12. The summed E-state index contributed by atoms with van der Waals surface area (Å²) in [6.45, 7) is 0.517. The van der Waals surface area contributed by atoms with E-state index in [-0.39, 0.29) is 5.56 Å². The van der Waals surface area contributed by atoms with Crippen LogP contribution >= 0.6 is 34.7 Å². The van der Waals surface area contributed by atoms with Gasteiger partial charge in [0.1, 0.15) is 0 Å². The van der Waals surface area contributed by atoms with E-state index in [0.29, 0.717) is 22.5 Å². The van der Waals surface area contributed by atoms with Gasteiger partial charge in [-0.25, -0.2) is 4.98 Å². The van der Waals surface area contributed by atoms with Crippen LogP contribution in [-0.2, 0) is 12.3 Å². The molecular weight excluding hydrogens is 384 g/mol. The Bertz CT molecular complexity index is 1090. The number of aromatic nitrogens is 2. The van der Waals surface area contributed by atoms with Crippen LogP contribution in [-0.4, -0.2) is 9.55 Å². The molecule has 0 saturated carbocycles. The second-order valence-corrected chi connectivity index (χ2v) is 8.21. The number of rotatable bonds is 5. The van der Waals surface area contributed by atoms with E-state index >= 15 is 0 Å². The van der Waals surface area contributed by atoms with Gasteiger partial charge in [-0.2, -0.15) is 0 Å². The van der Waals surface area contributed by atoms with E-state index in [1.165, 1.54) is 5.56 Å². The average molecular weight is 399 g/mol. The van der Waals surface area contributed by atoms with Gasteiger partial charge >= 0.3 is 0 Å². The van der Waals surface area contributed by atoms with Crippen molar-refractivity contribution in [2.24, 2.45) is 0 Å². The molecule has 6 heteroatoms. The number of benzene rings is 2. The second-order valence-electron chi connectivity index (χ2n) is 5.80. The fourth-order valence-corrected chi connectivity index (χ4v) is 4.52. The number of thiophene rings is 1. The largest absolute Gasteiger partial charge is 0.282 e. The number of hydrogen-bond acceptors (Lipinski definition) is 4. The highest BCUT2D eigenvalue weighted by Crippen LogP contribution is 2.24. The molecule has 4 aromatic rings. The molecule has 26 heavy (non-hydrogen) atoms. The normalized spacial score (nSPS) is 11.1. The number of nitrogens with zero attached hydrogens (tertiary/aromatic N) is 2. The number of halogens is 1. The van der Waals surface area contributed by atoms with Gasteiger partial charge in [-0.05, 0) is 35.2 Å². The monoisotopic (exact) mass is 398 g/mol. The number of thioether (sulfide) groups is 1. The molecule has 0 aliphatic heterocycles. The van der Waals surface area contributed by atoms with Crippen molar-refractivity contribution in [2.45, 2.75) is 17.5 Å². The zero-order valence-corrected chi connectivity index (χ0v) is 16.2. The van der Waals surface area contributed by atoms with E-state index in [1.54, 1.807) is 45.9 Å². The van der Waals surface area contributed by atoms with Gasteiger partial charge in [-0.1, -0.05) is 59.8 Å². The van der Waals surface area contributed by atoms with Crippen molar-refractivity contribution >= 4 is 45.6 Å². The van der Waals surface area contributed by atoms with Crippen molar-refractivity contribution in [3.05, 3.63) is 91.9 Å². The molecule has 2 heterocycles. The quantitative estimate of drug-likeness (QED) is 0.331. The molecule has 0 aliphatic carbocycles. The predicted octanol–water partition coefficient (Wildman–Crippen LogP) is 5.45. The molecule has 0 saturated heterocycles. The summed E-state index contributed by atoms with van der Waals surface area (Å²) < 4.78 is 1.75. The molecule has 4 rings (SSSR count). The summed E-state index contributed by atoms with van der Waals surface area (Å²) in [5.41, 5.74) is 1.82. The SMILES string of the molecule is O=c1c2cc(Cl)ccc2nc(SCc2ccccc2)n1Cc1cccs1. The molecule has 0 N–H and O–H groups in total. The molecular formula is C20H15ClN2OS2. The smallest absolute Gasteiger partial charge is 0.262 e. The summed E-state index contributed by atoms with van der Waals surface area (Å²) in [4.78, 5) is 19.0. The molecule has 0 unspecified atom stereocenters. The van der Waals surface area contributed by atoms with Crippen molar-refractivity contribution in [1.82, 2.24) is 9.55 Å². The summed E-state index contributed by atoms with van der Waals surface area (Å²) in [6, 6.07) is 19.5. The Morgan fingerprint density at radius 3 is 2.69 bits per heavy atom. The van der Waals surface area contributed by atoms with Gasteiger partial charge in [0.2, 0.25) is 0 Å². The Hall–Kier alpha value is -2.08. The van der Waals surface area contributed by atoms with Crippen LogP contribution in [0.5, 0.6) is 0 Å². The van der Waals surface area contributed by atoms with Gasteiger partial charge in [-0.15, -0.1) is 11.3 Å². The third-order valence-corrected chi connectivity index (χ3v) is 6.13. The first-order chi connectivity index (χ1) is 12.7. The molecule has 0 atom stereocenters. The summed E-state index contributed by atoms with van der Waals surface area (Å²) in [5, 5.41) is 3.84. The maximum absolute atomic E-state index is 13.1. The van der Waals surface area contributed by atoms with E-state index in [1.807, 2.05) is 35.7 Å². The van der Waals surface area contributed by atoms with Crippen LogP contribution in [0.2, 0.25) is 5.02 Å². The van der Waals surface area contributed by atoms with Crippen molar-refractivity contribution in [2.75, 3.05) is 0 Å². The van der Waals surface area contributed by atoms with Gasteiger partial charge in [-0.3, -0.25) is 9.36 Å². The van der Waals surface area contributed by atoms with Crippen molar-refractivity contribution in [1.29, 1.82) is 0 Å². The molecule has 2 aromatic carbocycles. The van der Waals surface area contributed by atoms with Crippen LogP contribution in [0.15, 0.2) is 76.0 Å². The summed E-state index contributed by atoms with van der Waals surface area (Å²) in [5.74, 6) is 0.761. The first-order valence-corrected chi connectivity index (χ1v) is 10.3. The Kier molecular flexibility index (Phi) is 5.11. The Balaban J connectivity index is 1.78. The minimum absolute atomic E-state index is 0.0542. The molecule has 130 valence electrons. The van der Waals surface area contributed by atoms with Crippen LogP contribution in [0.3, 0.4) is 0 Å². The van der Waals surface area contributed by atoms with E-state index in [4.69, 9.17) is 16.6 Å². The van der Waals surface area contributed by atoms with Gasteiger partial charge in [0, 0.05) is 15.7 Å². The first-order valence-electron chi connectivity index (χ1n) is 8.10. The molecule has 0 bridgehead atoms. The third-order valence-electron chi connectivity index (χ3n) is 3.99. The molecule has 0 radical (unpaired) electrons. The zero-order valence-electron chi connectivity index (χ0n) is 13.8. The highest BCUT2D eigenvalue weighted by atomic mass is 35.5. The summed E-state index contributed by atoms with van der Waals surface area (Å²) >= 11 is 9.30. The Morgan fingerprint density at radius 1 is 1.08 bits per heavy atom. The minimum Gasteiger partial charge on any atom is -0.282 e. The minimum atomic E-state index is -0.0542. The Morgan fingerprint density at radius 2 is 1.92 bits per heavy atom. The lowest BCUT2D eigenvalue weighted by molar-refractivity contribution is 0.664. The lowest BCUT2D eigenvalue weighted by Crippen LogP contribution is -2.23. The van der Waals surface area contributed by atoms with Crippen LogP contribution in [0.25, 0.3) is 10.9 Å². The molecule has 0 amide bonds. The van der Waals surface area contributed by atoms with Crippen molar-refractivity contribution in [3.63, 3.8) is 0 Å². The highest BCUT2D eigenvalue weighted by molar-refractivity contribution is 7.98. The maximum atomic E-state index is 13.1. The Labute approximate surface area is 164 Å². The summed E-state index contributed by atoms with van der Waals surface area (Å²) in [7, 11) is 0. The van der Waals surface area contributed by atoms with Crippen LogP contribution in [0.4, 0.5) is 0 Å². The molecule has 0 fully saturated rings. The van der Waals surface area contributed by atoms with Crippen LogP contribution < -0.4 is 5.56 Å². The third kappa shape index (κ3) is 3.70.